The third-order valence-corrected chi connectivity index (χ3v) is 5.05. The molecule has 0 aliphatic heterocycles. The Hall–Kier alpha value is -1.17. The molecule has 0 aromatic heterocycles. The van der Waals surface area contributed by atoms with Crippen LogP contribution in [0.3, 0.4) is 0 Å². The summed E-state index contributed by atoms with van der Waals surface area (Å²) in [5.41, 5.74) is 13.1. The minimum atomic E-state index is -0.299. The summed E-state index contributed by atoms with van der Waals surface area (Å²) in [4.78, 5) is 24.7. The quantitative estimate of drug-likeness (QED) is 0.107. The van der Waals surface area contributed by atoms with E-state index in [0.29, 0.717) is 71.3 Å². The maximum absolute atomic E-state index is 11.6. The van der Waals surface area contributed by atoms with Crippen molar-refractivity contribution in [2.24, 2.45) is 10.8 Å². The first-order chi connectivity index (χ1) is 12.7. The van der Waals surface area contributed by atoms with E-state index in [-0.39, 0.29) is 11.8 Å². The van der Waals surface area contributed by atoms with Crippen molar-refractivity contribution >= 4 is 33.4 Å². The van der Waals surface area contributed by atoms with E-state index in [1.807, 2.05) is 0 Å². The summed E-state index contributed by atoms with van der Waals surface area (Å²) >= 11 is 0. The van der Waals surface area contributed by atoms with E-state index in [9.17, 15) is 9.59 Å². The van der Waals surface area contributed by atoms with Crippen LogP contribution in [0.1, 0.15) is 12.8 Å². The van der Waals surface area contributed by atoms with Crippen molar-refractivity contribution in [1.82, 2.24) is 5.32 Å². The fourth-order valence-corrected chi connectivity index (χ4v) is 3.35. The van der Waals surface area contributed by atoms with Crippen LogP contribution in [0.15, 0.2) is 5.11 Å². The number of nitrogens with two attached hydrogens (primary N) is 1. The molecule has 0 unspecified atom stereocenters. The Kier molecular flexibility index (Phi) is 19.2. The standard InChI is InChI=1S/C14H27N5O5S2/c15-13(20)2-11-25-26-12-4-17-14(21)1-5-22-7-9-24-10-8-23-6-3-18-19-16/h1-12H2,(H2,15,20)(H,17,21). The number of hydrogen-bond acceptors (Lipinski definition) is 8. The summed E-state index contributed by atoms with van der Waals surface area (Å²) in [6, 6.07) is 0. The Bertz CT molecular complexity index is 425. The van der Waals surface area contributed by atoms with Crippen LogP contribution in [0.25, 0.3) is 10.4 Å². The van der Waals surface area contributed by atoms with E-state index in [1.165, 1.54) is 0 Å². The van der Waals surface area contributed by atoms with Gasteiger partial charge in [-0.25, -0.2) is 0 Å². The number of ether oxygens (including phenoxy) is 3. The maximum atomic E-state index is 11.6. The lowest BCUT2D eigenvalue weighted by molar-refractivity contribution is -0.122. The molecule has 0 heterocycles. The molecular formula is C14H27N5O5S2. The van der Waals surface area contributed by atoms with Crippen molar-refractivity contribution in [3.8, 4) is 0 Å². The second-order valence-electron chi connectivity index (χ2n) is 4.75. The smallest absolute Gasteiger partial charge is 0.222 e. The second kappa shape index (κ2) is 20.1. The van der Waals surface area contributed by atoms with E-state index in [2.05, 4.69) is 15.3 Å². The largest absolute Gasteiger partial charge is 0.379 e. The van der Waals surface area contributed by atoms with Gasteiger partial charge in [0.25, 0.3) is 0 Å². The highest BCUT2D eigenvalue weighted by atomic mass is 33.1. The minimum Gasteiger partial charge on any atom is -0.379 e. The molecule has 0 fully saturated rings. The fraction of sp³-hybridized carbons (Fsp3) is 0.857. The first kappa shape index (κ1) is 24.8. The molecule has 0 aliphatic carbocycles. The molecule has 0 spiro atoms. The molecule has 0 aromatic carbocycles. The molecule has 0 rings (SSSR count). The first-order valence-corrected chi connectivity index (χ1v) is 10.7. The second-order valence-corrected chi connectivity index (χ2v) is 7.45. The molecule has 0 saturated heterocycles. The van der Waals surface area contributed by atoms with E-state index in [4.69, 9.17) is 25.5 Å². The van der Waals surface area contributed by atoms with Crippen LogP contribution in [0.2, 0.25) is 0 Å². The van der Waals surface area contributed by atoms with E-state index in [0.717, 1.165) is 5.75 Å². The summed E-state index contributed by atoms with van der Waals surface area (Å²) in [5.74, 6) is 1.11. The maximum Gasteiger partial charge on any atom is 0.222 e. The Morgan fingerprint density at radius 3 is 2.23 bits per heavy atom. The van der Waals surface area contributed by atoms with Crippen LogP contribution in [0, 0.1) is 0 Å². The highest BCUT2D eigenvalue weighted by molar-refractivity contribution is 8.76. The van der Waals surface area contributed by atoms with Crippen LogP contribution in [0.5, 0.6) is 0 Å². The molecule has 0 radical (unpaired) electrons. The minimum absolute atomic E-state index is 0.0536. The topological polar surface area (TPSA) is 149 Å². The number of nitrogens with one attached hydrogen (secondary N) is 1. The highest BCUT2D eigenvalue weighted by Gasteiger charge is 2.01. The van der Waals surface area contributed by atoms with E-state index < -0.39 is 0 Å². The zero-order valence-corrected chi connectivity index (χ0v) is 16.4. The average Bonchev–Trinajstić information content (AvgIpc) is 2.61. The highest BCUT2D eigenvalue weighted by Crippen LogP contribution is 2.20. The van der Waals surface area contributed by atoms with Crippen LogP contribution in [-0.2, 0) is 23.8 Å². The summed E-state index contributed by atoms with van der Waals surface area (Å²) < 4.78 is 15.8. The lowest BCUT2D eigenvalue weighted by Gasteiger charge is -2.07. The molecule has 2 amide bonds. The summed E-state index contributed by atoms with van der Waals surface area (Å²) in [5, 5.41) is 6.14. The Morgan fingerprint density at radius 1 is 0.962 bits per heavy atom. The van der Waals surface area contributed by atoms with Gasteiger partial charge in [0.2, 0.25) is 11.8 Å². The monoisotopic (exact) mass is 409 g/mol. The van der Waals surface area contributed by atoms with Gasteiger partial charge in [-0.3, -0.25) is 9.59 Å². The number of carbonyl (C=O) groups is 2. The molecule has 26 heavy (non-hydrogen) atoms. The predicted molar refractivity (Wildman–Crippen MR) is 103 cm³/mol. The molecule has 0 atom stereocenters. The van der Waals surface area contributed by atoms with Gasteiger partial charge in [0.1, 0.15) is 0 Å². The van der Waals surface area contributed by atoms with Gasteiger partial charge in [0.05, 0.1) is 39.6 Å². The normalized spacial score (nSPS) is 10.3. The van der Waals surface area contributed by atoms with Gasteiger partial charge < -0.3 is 25.3 Å². The van der Waals surface area contributed by atoms with Crippen LogP contribution in [0.4, 0.5) is 0 Å². The van der Waals surface area contributed by atoms with Crippen LogP contribution in [-0.4, -0.2) is 76.1 Å². The van der Waals surface area contributed by atoms with Gasteiger partial charge in [-0.15, -0.1) is 0 Å². The molecule has 0 bridgehead atoms. The van der Waals surface area contributed by atoms with E-state index in [1.54, 1.807) is 21.6 Å². The van der Waals surface area contributed by atoms with Crippen LogP contribution < -0.4 is 11.1 Å². The lowest BCUT2D eigenvalue weighted by atomic mass is 10.4. The van der Waals surface area contributed by atoms with Crippen molar-refractivity contribution in [2.75, 3.05) is 64.2 Å². The summed E-state index contributed by atoms with van der Waals surface area (Å²) in [7, 11) is 3.17. The Morgan fingerprint density at radius 2 is 1.58 bits per heavy atom. The molecule has 0 aromatic rings. The zero-order valence-electron chi connectivity index (χ0n) is 14.8. The van der Waals surface area contributed by atoms with Crippen molar-refractivity contribution in [1.29, 1.82) is 0 Å². The van der Waals surface area contributed by atoms with Gasteiger partial charge in [-0.05, 0) is 5.53 Å². The van der Waals surface area contributed by atoms with E-state index >= 15 is 0 Å². The van der Waals surface area contributed by atoms with Gasteiger partial charge in [0, 0.05) is 42.3 Å². The Balaban J connectivity index is 3.19. The molecular weight excluding hydrogens is 382 g/mol. The number of carbonyl (C=O) groups excluding carboxylic acids is 2. The van der Waals surface area contributed by atoms with Crippen molar-refractivity contribution in [2.45, 2.75) is 12.8 Å². The fourth-order valence-electron chi connectivity index (χ4n) is 1.44. The van der Waals surface area contributed by atoms with Gasteiger partial charge in [0.15, 0.2) is 0 Å². The number of nitrogens with zero attached hydrogens (tertiary/aromatic N) is 3. The first-order valence-electron chi connectivity index (χ1n) is 8.20. The van der Waals surface area contributed by atoms with Crippen molar-refractivity contribution < 1.29 is 23.8 Å². The number of amides is 2. The van der Waals surface area contributed by atoms with Crippen LogP contribution >= 0.6 is 21.6 Å². The predicted octanol–water partition coefficient (Wildman–Crippen LogP) is 1.11. The summed E-state index contributed by atoms with van der Waals surface area (Å²) in [6.07, 6.45) is 0.678. The SMILES string of the molecule is [N-]=[N+]=NCCOCCOCCOCCC(=O)NCCSSCCC(N)=O. The number of rotatable bonds is 19. The van der Waals surface area contributed by atoms with Gasteiger partial charge in [-0.1, -0.05) is 26.7 Å². The zero-order chi connectivity index (χ0) is 19.3. The van der Waals surface area contributed by atoms with Gasteiger partial charge >= 0.3 is 0 Å². The molecule has 150 valence electrons. The lowest BCUT2D eigenvalue weighted by Crippen LogP contribution is -2.26. The van der Waals surface area contributed by atoms with Gasteiger partial charge in [-0.2, -0.15) is 0 Å². The third kappa shape index (κ3) is 20.9. The summed E-state index contributed by atoms with van der Waals surface area (Å²) in [6.45, 7) is 3.34. The molecule has 0 saturated carbocycles. The average molecular weight is 410 g/mol. The third-order valence-electron chi connectivity index (χ3n) is 2.64. The number of hydrogen-bond donors (Lipinski definition) is 2. The number of azide groups is 1. The van der Waals surface area contributed by atoms with Crippen molar-refractivity contribution in [3.63, 3.8) is 0 Å². The molecule has 0 aliphatic rings. The molecule has 10 nitrogen and oxygen atoms in total. The molecule has 12 heteroatoms. The Labute approximate surface area is 161 Å². The number of primary amides is 1. The molecule has 3 N–H and O–H groups in total. The van der Waals surface area contributed by atoms with Crippen molar-refractivity contribution in [3.05, 3.63) is 10.4 Å².